The van der Waals surface area contributed by atoms with Crippen LogP contribution < -0.4 is 11.1 Å². The van der Waals surface area contributed by atoms with E-state index in [9.17, 15) is 0 Å². The summed E-state index contributed by atoms with van der Waals surface area (Å²) in [5.74, 6) is 0.560. The lowest BCUT2D eigenvalue weighted by Gasteiger charge is -2.19. The summed E-state index contributed by atoms with van der Waals surface area (Å²) in [4.78, 5) is 6.87. The minimum Gasteiger partial charge on any atom is -0.376 e. The summed E-state index contributed by atoms with van der Waals surface area (Å²) < 4.78 is 5.52. The number of hydrogen-bond acceptors (Lipinski definition) is 3. The first-order valence-electron chi connectivity index (χ1n) is 7.72. The zero-order valence-electron chi connectivity index (χ0n) is 11.9. The number of nitrogens with one attached hydrogen (secondary N) is 1. The second kappa shape index (κ2) is 8.38. The zero-order valence-corrected chi connectivity index (χ0v) is 11.9. The van der Waals surface area contributed by atoms with Gasteiger partial charge in [0.2, 0.25) is 0 Å². The highest BCUT2D eigenvalue weighted by Crippen LogP contribution is 2.11. The molecule has 2 saturated heterocycles. The molecular formula is C14H28N4O. The molecule has 2 aliphatic rings. The number of rotatable bonds is 5. The van der Waals surface area contributed by atoms with Crippen molar-refractivity contribution in [2.75, 3.05) is 39.3 Å². The van der Waals surface area contributed by atoms with Crippen LogP contribution >= 0.6 is 0 Å². The Hall–Kier alpha value is -0.810. The molecule has 2 heterocycles. The standard InChI is InChI=1S/C14H28N4O/c15-14(17-12-13-6-5-11-19-13)16-7-10-18-8-3-1-2-4-9-18/h13H,1-12H2,(H3,15,16,17). The van der Waals surface area contributed by atoms with Gasteiger partial charge >= 0.3 is 0 Å². The first-order valence-corrected chi connectivity index (χ1v) is 7.72. The molecular weight excluding hydrogens is 240 g/mol. The molecule has 2 fully saturated rings. The minimum atomic E-state index is 0.283. The zero-order chi connectivity index (χ0) is 13.3. The quantitative estimate of drug-likeness (QED) is 0.575. The van der Waals surface area contributed by atoms with Crippen molar-refractivity contribution < 1.29 is 4.74 Å². The van der Waals surface area contributed by atoms with Crippen molar-refractivity contribution in [3.8, 4) is 0 Å². The molecule has 0 bridgehead atoms. The first-order chi connectivity index (χ1) is 9.34. The normalized spacial score (nSPS) is 26.3. The molecule has 1 unspecified atom stereocenters. The van der Waals surface area contributed by atoms with Gasteiger partial charge in [0.15, 0.2) is 5.96 Å². The second-order valence-corrected chi connectivity index (χ2v) is 5.54. The van der Waals surface area contributed by atoms with E-state index in [1.54, 1.807) is 0 Å². The molecule has 0 aromatic carbocycles. The molecule has 5 nitrogen and oxygen atoms in total. The van der Waals surface area contributed by atoms with E-state index in [1.807, 2.05) is 0 Å². The number of aliphatic imine (C=N–C) groups is 1. The van der Waals surface area contributed by atoms with Crippen molar-refractivity contribution in [1.82, 2.24) is 10.2 Å². The molecule has 0 saturated carbocycles. The molecule has 0 radical (unpaired) electrons. The average molecular weight is 268 g/mol. The number of likely N-dealkylation sites (tertiary alicyclic amines) is 1. The lowest BCUT2D eigenvalue weighted by atomic mass is 10.2. The summed E-state index contributed by atoms with van der Waals surface area (Å²) in [6.45, 7) is 5.99. The van der Waals surface area contributed by atoms with Gasteiger partial charge in [0.05, 0.1) is 12.6 Å². The Bertz CT molecular complexity index is 269. The smallest absolute Gasteiger partial charge is 0.188 e. The van der Waals surface area contributed by atoms with E-state index >= 15 is 0 Å². The van der Waals surface area contributed by atoms with Gasteiger partial charge in [0.1, 0.15) is 0 Å². The van der Waals surface area contributed by atoms with Gasteiger partial charge in [-0.1, -0.05) is 12.8 Å². The fourth-order valence-electron chi connectivity index (χ4n) is 2.75. The molecule has 1 atom stereocenters. The van der Waals surface area contributed by atoms with Gasteiger partial charge in [-0.25, -0.2) is 0 Å². The van der Waals surface area contributed by atoms with Crippen molar-refractivity contribution in [2.45, 2.75) is 44.6 Å². The molecule has 0 aromatic rings. The molecule has 0 spiro atoms. The van der Waals surface area contributed by atoms with Gasteiger partial charge in [0, 0.05) is 19.7 Å². The highest BCUT2D eigenvalue weighted by atomic mass is 16.5. The Kier molecular flexibility index (Phi) is 6.44. The highest BCUT2D eigenvalue weighted by molar-refractivity contribution is 5.77. The SMILES string of the molecule is NC(=NCC1CCCO1)NCCN1CCCCCC1. The maximum Gasteiger partial charge on any atom is 0.188 e. The average Bonchev–Trinajstić information content (AvgIpc) is 2.80. The highest BCUT2D eigenvalue weighted by Gasteiger charge is 2.14. The summed E-state index contributed by atoms with van der Waals surface area (Å²) >= 11 is 0. The van der Waals surface area contributed by atoms with E-state index < -0.39 is 0 Å². The largest absolute Gasteiger partial charge is 0.376 e. The van der Waals surface area contributed by atoms with E-state index in [2.05, 4.69) is 15.2 Å². The number of guanidine groups is 1. The third-order valence-corrected chi connectivity index (χ3v) is 3.92. The third kappa shape index (κ3) is 5.78. The van der Waals surface area contributed by atoms with E-state index in [0.717, 1.165) is 32.5 Å². The Morgan fingerprint density at radius 1 is 1.21 bits per heavy atom. The van der Waals surface area contributed by atoms with Gasteiger partial charge in [-0.05, 0) is 38.8 Å². The summed E-state index contributed by atoms with van der Waals surface area (Å²) in [7, 11) is 0. The van der Waals surface area contributed by atoms with E-state index in [1.165, 1.54) is 38.8 Å². The van der Waals surface area contributed by atoms with Crippen LogP contribution in [0.1, 0.15) is 38.5 Å². The summed E-state index contributed by atoms with van der Waals surface area (Å²) in [5.41, 5.74) is 5.86. The van der Waals surface area contributed by atoms with Crippen molar-refractivity contribution in [1.29, 1.82) is 0 Å². The summed E-state index contributed by atoms with van der Waals surface area (Å²) in [6.07, 6.45) is 7.99. The second-order valence-electron chi connectivity index (χ2n) is 5.54. The Labute approximate surface area is 116 Å². The molecule has 110 valence electrons. The van der Waals surface area contributed by atoms with Crippen LogP contribution in [0.4, 0.5) is 0 Å². The topological polar surface area (TPSA) is 62.9 Å². The molecule has 2 rings (SSSR count). The van der Waals surface area contributed by atoms with Crippen molar-refractivity contribution in [3.63, 3.8) is 0 Å². The van der Waals surface area contributed by atoms with Gasteiger partial charge in [-0.3, -0.25) is 4.99 Å². The van der Waals surface area contributed by atoms with Gasteiger partial charge in [0.25, 0.3) is 0 Å². The first kappa shape index (κ1) is 14.6. The van der Waals surface area contributed by atoms with Crippen LogP contribution in [0.5, 0.6) is 0 Å². The van der Waals surface area contributed by atoms with Crippen LogP contribution in [0.3, 0.4) is 0 Å². The fourth-order valence-corrected chi connectivity index (χ4v) is 2.75. The predicted octanol–water partition coefficient (Wildman–Crippen LogP) is 0.946. The lowest BCUT2D eigenvalue weighted by Crippen LogP contribution is -2.39. The van der Waals surface area contributed by atoms with Crippen LogP contribution in [-0.2, 0) is 4.74 Å². The molecule has 2 aliphatic heterocycles. The molecule has 5 heteroatoms. The predicted molar refractivity (Wildman–Crippen MR) is 78.4 cm³/mol. The van der Waals surface area contributed by atoms with Crippen LogP contribution in [0, 0.1) is 0 Å². The Morgan fingerprint density at radius 2 is 2.00 bits per heavy atom. The summed E-state index contributed by atoms with van der Waals surface area (Å²) in [5, 5.41) is 3.20. The lowest BCUT2D eigenvalue weighted by molar-refractivity contribution is 0.117. The molecule has 0 aromatic heterocycles. The minimum absolute atomic E-state index is 0.283. The fraction of sp³-hybridized carbons (Fsp3) is 0.929. The number of ether oxygens (including phenoxy) is 1. The van der Waals surface area contributed by atoms with Crippen LogP contribution in [0.15, 0.2) is 4.99 Å². The van der Waals surface area contributed by atoms with E-state index in [4.69, 9.17) is 10.5 Å². The van der Waals surface area contributed by atoms with Crippen molar-refractivity contribution in [2.24, 2.45) is 10.7 Å². The Balaban J connectivity index is 1.57. The molecule has 0 amide bonds. The van der Waals surface area contributed by atoms with Crippen molar-refractivity contribution in [3.05, 3.63) is 0 Å². The monoisotopic (exact) mass is 268 g/mol. The van der Waals surface area contributed by atoms with Crippen LogP contribution in [0.2, 0.25) is 0 Å². The molecule has 19 heavy (non-hydrogen) atoms. The Morgan fingerprint density at radius 3 is 2.68 bits per heavy atom. The number of nitrogens with two attached hydrogens (primary N) is 1. The van der Waals surface area contributed by atoms with E-state index in [0.29, 0.717) is 12.5 Å². The van der Waals surface area contributed by atoms with Crippen LogP contribution in [0.25, 0.3) is 0 Å². The number of nitrogens with zero attached hydrogens (tertiary/aromatic N) is 2. The van der Waals surface area contributed by atoms with Crippen molar-refractivity contribution >= 4 is 5.96 Å². The maximum absolute atomic E-state index is 5.86. The van der Waals surface area contributed by atoms with Crippen LogP contribution in [-0.4, -0.2) is 56.3 Å². The number of hydrogen-bond donors (Lipinski definition) is 2. The van der Waals surface area contributed by atoms with Gasteiger partial charge in [-0.15, -0.1) is 0 Å². The third-order valence-electron chi connectivity index (χ3n) is 3.92. The molecule has 3 N–H and O–H groups in total. The van der Waals surface area contributed by atoms with Gasteiger partial charge < -0.3 is 20.7 Å². The maximum atomic E-state index is 5.86. The molecule has 0 aliphatic carbocycles. The van der Waals surface area contributed by atoms with E-state index in [-0.39, 0.29) is 6.10 Å². The summed E-state index contributed by atoms with van der Waals surface area (Å²) in [6, 6.07) is 0. The van der Waals surface area contributed by atoms with Gasteiger partial charge in [-0.2, -0.15) is 0 Å².